The third kappa shape index (κ3) is 6.21. The highest BCUT2D eigenvalue weighted by Crippen LogP contribution is 2.25. The highest BCUT2D eigenvalue weighted by atomic mass is 16.5. The minimum Gasteiger partial charge on any atom is -0.466 e. The molecule has 1 aliphatic carbocycles. The second-order valence-electron chi connectivity index (χ2n) is 6.10. The highest BCUT2D eigenvalue weighted by molar-refractivity contribution is 5.95. The van der Waals surface area contributed by atoms with Gasteiger partial charge in [0.25, 0.3) is 0 Å². The van der Waals surface area contributed by atoms with E-state index in [0.29, 0.717) is 17.9 Å². The van der Waals surface area contributed by atoms with Crippen LogP contribution in [-0.4, -0.2) is 31.1 Å². The predicted octanol–water partition coefficient (Wildman–Crippen LogP) is 3.32. The Morgan fingerprint density at radius 1 is 1.12 bits per heavy atom. The molecule has 136 valence electrons. The van der Waals surface area contributed by atoms with Gasteiger partial charge in [-0.05, 0) is 38.0 Å². The van der Waals surface area contributed by atoms with Gasteiger partial charge in [0.2, 0.25) is 5.91 Å². The second kappa shape index (κ2) is 9.81. The molecule has 0 saturated heterocycles. The van der Waals surface area contributed by atoms with Crippen LogP contribution in [0.4, 0.5) is 5.69 Å². The lowest BCUT2D eigenvalue weighted by molar-refractivity contribution is -0.143. The van der Waals surface area contributed by atoms with Crippen molar-refractivity contribution in [3.63, 3.8) is 0 Å². The Morgan fingerprint density at radius 3 is 2.60 bits per heavy atom. The van der Waals surface area contributed by atoms with Crippen molar-refractivity contribution in [3.05, 3.63) is 29.8 Å². The number of amides is 1. The van der Waals surface area contributed by atoms with Gasteiger partial charge >= 0.3 is 11.9 Å². The third-order valence-electron chi connectivity index (χ3n) is 4.19. The molecule has 0 atom stereocenters. The van der Waals surface area contributed by atoms with Crippen LogP contribution < -0.4 is 5.32 Å². The molecule has 6 nitrogen and oxygen atoms in total. The molecule has 0 unspecified atom stereocenters. The Kier molecular flexibility index (Phi) is 7.44. The van der Waals surface area contributed by atoms with Crippen molar-refractivity contribution in [2.45, 2.75) is 45.4 Å². The molecule has 1 aromatic carbocycles. The van der Waals surface area contributed by atoms with Crippen LogP contribution >= 0.6 is 0 Å². The lowest BCUT2D eigenvalue weighted by Crippen LogP contribution is -2.24. The first-order chi connectivity index (χ1) is 12.1. The first kappa shape index (κ1) is 19.0. The standard InChI is InChI=1S/C19H25NO5/c1-2-24-17(21)11-12-25-19(23)15-9-6-10-16(13-15)20-18(22)14-7-4-3-5-8-14/h6,9-10,13-14H,2-5,7-8,11-12H2,1H3,(H,20,22). The fraction of sp³-hybridized carbons (Fsp3) is 0.526. The maximum atomic E-state index is 12.3. The molecular formula is C19H25NO5. The summed E-state index contributed by atoms with van der Waals surface area (Å²) in [4.78, 5) is 35.5. The number of anilines is 1. The fourth-order valence-corrected chi connectivity index (χ4v) is 2.88. The van der Waals surface area contributed by atoms with Crippen molar-refractivity contribution in [1.29, 1.82) is 0 Å². The van der Waals surface area contributed by atoms with Crippen molar-refractivity contribution in [3.8, 4) is 0 Å². The molecular weight excluding hydrogens is 322 g/mol. The van der Waals surface area contributed by atoms with E-state index in [2.05, 4.69) is 5.32 Å². The second-order valence-corrected chi connectivity index (χ2v) is 6.10. The molecule has 0 aliphatic heterocycles. The van der Waals surface area contributed by atoms with Crippen LogP contribution in [0.5, 0.6) is 0 Å². The molecule has 1 saturated carbocycles. The van der Waals surface area contributed by atoms with Gasteiger partial charge in [0.15, 0.2) is 0 Å². The molecule has 1 N–H and O–H groups in total. The Hall–Kier alpha value is -2.37. The van der Waals surface area contributed by atoms with E-state index in [9.17, 15) is 14.4 Å². The number of nitrogens with one attached hydrogen (secondary N) is 1. The minimum absolute atomic E-state index is 0.00697. The van der Waals surface area contributed by atoms with Crippen molar-refractivity contribution >= 4 is 23.5 Å². The zero-order chi connectivity index (χ0) is 18.1. The van der Waals surface area contributed by atoms with Gasteiger partial charge < -0.3 is 14.8 Å². The van der Waals surface area contributed by atoms with Gasteiger partial charge in [0.05, 0.1) is 18.6 Å². The normalized spacial score (nSPS) is 14.6. The minimum atomic E-state index is -0.530. The maximum absolute atomic E-state index is 12.3. The monoisotopic (exact) mass is 347 g/mol. The predicted molar refractivity (Wildman–Crippen MR) is 93.2 cm³/mol. The van der Waals surface area contributed by atoms with Gasteiger partial charge in [-0.15, -0.1) is 0 Å². The first-order valence-corrected chi connectivity index (χ1v) is 8.84. The Bertz CT molecular complexity index is 608. The largest absolute Gasteiger partial charge is 0.466 e. The quantitative estimate of drug-likeness (QED) is 0.765. The van der Waals surface area contributed by atoms with Gasteiger partial charge in [-0.2, -0.15) is 0 Å². The summed E-state index contributed by atoms with van der Waals surface area (Å²) in [6.07, 6.45) is 5.23. The summed E-state index contributed by atoms with van der Waals surface area (Å²) in [5.41, 5.74) is 0.917. The summed E-state index contributed by atoms with van der Waals surface area (Å²) in [6, 6.07) is 6.64. The highest BCUT2D eigenvalue weighted by Gasteiger charge is 2.21. The van der Waals surface area contributed by atoms with Crippen molar-refractivity contribution in [2.75, 3.05) is 18.5 Å². The Morgan fingerprint density at radius 2 is 1.88 bits per heavy atom. The Balaban J connectivity index is 1.86. The van der Waals surface area contributed by atoms with E-state index in [4.69, 9.17) is 9.47 Å². The van der Waals surface area contributed by atoms with Crippen LogP contribution in [0.25, 0.3) is 0 Å². The van der Waals surface area contributed by atoms with Crippen molar-refractivity contribution in [2.24, 2.45) is 5.92 Å². The molecule has 1 fully saturated rings. The Labute approximate surface area is 147 Å². The number of esters is 2. The number of rotatable bonds is 7. The zero-order valence-corrected chi connectivity index (χ0v) is 14.6. The van der Waals surface area contributed by atoms with Gasteiger partial charge in [-0.25, -0.2) is 4.79 Å². The molecule has 1 aliphatic rings. The van der Waals surface area contributed by atoms with Crippen LogP contribution in [0.15, 0.2) is 24.3 Å². The van der Waals surface area contributed by atoms with Crippen molar-refractivity contribution < 1.29 is 23.9 Å². The lowest BCUT2D eigenvalue weighted by atomic mass is 9.88. The summed E-state index contributed by atoms with van der Waals surface area (Å²) in [5, 5.41) is 2.88. The van der Waals surface area contributed by atoms with Crippen LogP contribution in [-0.2, 0) is 19.1 Å². The molecule has 1 aromatic rings. The van der Waals surface area contributed by atoms with Crippen LogP contribution in [0.1, 0.15) is 55.8 Å². The fourth-order valence-electron chi connectivity index (χ4n) is 2.88. The summed E-state index contributed by atoms with van der Waals surface area (Å²) < 4.78 is 9.84. The number of hydrogen-bond acceptors (Lipinski definition) is 5. The van der Waals surface area contributed by atoms with Crippen LogP contribution in [0, 0.1) is 5.92 Å². The molecule has 0 heterocycles. The average molecular weight is 347 g/mol. The topological polar surface area (TPSA) is 81.7 Å². The summed E-state index contributed by atoms with van der Waals surface area (Å²) >= 11 is 0. The van der Waals surface area contributed by atoms with Gasteiger partial charge in [-0.1, -0.05) is 25.3 Å². The molecule has 6 heteroatoms. The van der Waals surface area contributed by atoms with E-state index in [0.717, 1.165) is 25.7 Å². The van der Waals surface area contributed by atoms with E-state index in [-0.39, 0.29) is 24.9 Å². The number of carbonyl (C=O) groups excluding carboxylic acids is 3. The average Bonchev–Trinajstić information content (AvgIpc) is 2.63. The van der Waals surface area contributed by atoms with Gasteiger partial charge in [0, 0.05) is 11.6 Å². The van der Waals surface area contributed by atoms with E-state index in [1.54, 1.807) is 31.2 Å². The van der Waals surface area contributed by atoms with Crippen LogP contribution in [0.3, 0.4) is 0 Å². The number of ether oxygens (including phenoxy) is 2. The van der Waals surface area contributed by atoms with E-state index in [1.807, 2.05) is 0 Å². The zero-order valence-electron chi connectivity index (χ0n) is 14.6. The number of benzene rings is 1. The van der Waals surface area contributed by atoms with E-state index >= 15 is 0 Å². The summed E-state index contributed by atoms with van der Waals surface area (Å²) in [6.45, 7) is 1.99. The summed E-state index contributed by atoms with van der Waals surface area (Å²) in [5.74, 6) is -0.872. The third-order valence-corrected chi connectivity index (χ3v) is 4.19. The molecule has 25 heavy (non-hydrogen) atoms. The van der Waals surface area contributed by atoms with Crippen molar-refractivity contribution in [1.82, 2.24) is 0 Å². The molecule has 1 amide bonds. The number of carbonyl (C=O) groups is 3. The van der Waals surface area contributed by atoms with Gasteiger partial charge in [0.1, 0.15) is 6.61 Å². The molecule has 0 bridgehead atoms. The molecule has 0 radical (unpaired) electrons. The molecule has 2 rings (SSSR count). The molecule has 0 aromatic heterocycles. The SMILES string of the molecule is CCOC(=O)CCOC(=O)c1cccc(NC(=O)C2CCCCC2)c1. The van der Waals surface area contributed by atoms with E-state index < -0.39 is 11.9 Å². The smallest absolute Gasteiger partial charge is 0.338 e. The first-order valence-electron chi connectivity index (χ1n) is 8.84. The maximum Gasteiger partial charge on any atom is 0.338 e. The van der Waals surface area contributed by atoms with Gasteiger partial charge in [-0.3, -0.25) is 9.59 Å². The van der Waals surface area contributed by atoms with E-state index in [1.165, 1.54) is 6.42 Å². The molecule has 0 spiro atoms. The van der Waals surface area contributed by atoms with Crippen LogP contribution in [0.2, 0.25) is 0 Å². The number of hydrogen-bond donors (Lipinski definition) is 1. The summed E-state index contributed by atoms with van der Waals surface area (Å²) in [7, 11) is 0. The lowest BCUT2D eigenvalue weighted by Gasteiger charge is -2.20.